The van der Waals surface area contributed by atoms with Crippen molar-refractivity contribution in [3.05, 3.63) is 65.0 Å². The number of anilines is 1. The molecule has 2 aromatic carbocycles. The molecule has 9 heteroatoms. The van der Waals surface area contributed by atoms with Gasteiger partial charge in [0, 0.05) is 12.6 Å². The van der Waals surface area contributed by atoms with Gasteiger partial charge in [-0.2, -0.15) is 0 Å². The summed E-state index contributed by atoms with van der Waals surface area (Å²) in [5, 5.41) is 14.8. The Morgan fingerprint density at radius 2 is 1.88 bits per heavy atom. The standard InChI is InChI=1S/C23H27N5O3S/c1-14-7-6-8-17(11-14)22(30)24-16(3)21-26-27-23(28(21)4)32-13-20(29)25-18-12-15(2)9-10-19(18)31-5/h6-12,16H,13H2,1-5H3,(H,24,30)(H,25,29)/t16-/m0/s1. The first-order chi connectivity index (χ1) is 15.3. The number of carbonyl (C=O) groups excluding carboxylic acids is 2. The van der Waals surface area contributed by atoms with E-state index in [2.05, 4.69) is 20.8 Å². The van der Waals surface area contributed by atoms with Crippen molar-refractivity contribution in [3.8, 4) is 5.75 Å². The van der Waals surface area contributed by atoms with Crippen molar-refractivity contribution in [1.29, 1.82) is 0 Å². The van der Waals surface area contributed by atoms with Crippen LogP contribution in [0.3, 0.4) is 0 Å². The fourth-order valence-electron chi connectivity index (χ4n) is 3.20. The number of ether oxygens (including phenoxy) is 1. The van der Waals surface area contributed by atoms with Gasteiger partial charge in [-0.15, -0.1) is 10.2 Å². The van der Waals surface area contributed by atoms with Crippen molar-refractivity contribution in [1.82, 2.24) is 20.1 Å². The van der Waals surface area contributed by atoms with Gasteiger partial charge in [0.25, 0.3) is 5.91 Å². The minimum atomic E-state index is -0.347. The Morgan fingerprint density at radius 1 is 1.12 bits per heavy atom. The monoisotopic (exact) mass is 453 g/mol. The highest BCUT2D eigenvalue weighted by atomic mass is 32.2. The van der Waals surface area contributed by atoms with Crippen LogP contribution in [0, 0.1) is 13.8 Å². The predicted molar refractivity (Wildman–Crippen MR) is 125 cm³/mol. The lowest BCUT2D eigenvalue weighted by atomic mass is 10.1. The molecule has 32 heavy (non-hydrogen) atoms. The molecule has 2 amide bonds. The van der Waals surface area contributed by atoms with Gasteiger partial charge in [0.15, 0.2) is 11.0 Å². The molecule has 3 rings (SSSR count). The number of hydrogen-bond donors (Lipinski definition) is 2. The Labute approximate surface area is 191 Å². The van der Waals surface area contributed by atoms with Crippen LogP contribution in [0.4, 0.5) is 5.69 Å². The van der Waals surface area contributed by atoms with Crippen LogP contribution in [-0.4, -0.2) is 39.4 Å². The summed E-state index contributed by atoms with van der Waals surface area (Å²) in [6.07, 6.45) is 0. The zero-order valence-corrected chi connectivity index (χ0v) is 19.6. The zero-order chi connectivity index (χ0) is 23.3. The van der Waals surface area contributed by atoms with Crippen LogP contribution < -0.4 is 15.4 Å². The number of hydrogen-bond acceptors (Lipinski definition) is 6. The second-order valence-corrected chi connectivity index (χ2v) is 8.45. The first-order valence-corrected chi connectivity index (χ1v) is 11.1. The normalized spacial score (nSPS) is 11.7. The lowest BCUT2D eigenvalue weighted by Gasteiger charge is -2.14. The van der Waals surface area contributed by atoms with Crippen LogP contribution in [0.25, 0.3) is 0 Å². The molecule has 0 aliphatic rings. The molecule has 8 nitrogen and oxygen atoms in total. The Kier molecular flexibility index (Phi) is 7.53. The Morgan fingerprint density at radius 3 is 2.59 bits per heavy atom. The van der Waals surface area contributed by atoms with Gasteiger partial charge in [0.05, 0.1) is 24.6 Å². The molecule has 2 N–H and O–H groups in total. The van der Waals surface area contributed by atoms with Gasteiger partial charge < -0.3 is 19.9 Å². The van der Waals surface area contributed by atoms with E-state index in [1.807, 2.05) is 64.2 Å². The van der Waals surface area contributed by atoms with Crippen molar-refractivity contribution in [3.63, 3.8) is 0 Å². The quantitative estimate of drug-likeness (QED) is 0.505. The third-order valence-electron chi connectivity index (χ3n) is 4.85. The molecule has 0 fully saturated rings. The number of rotatable bonds is 8. The minimum absolute atomic E-state index is 0.160. The maximum atomic E-state index is 12.5. The van der Waals surface area contributed by atoms with E-state index in [4.69, 9.17) is 4.74 Å². The maximum Gasteiger partial charge on any atom is 0.251 e. The molecule has 3 aromatic rings. The number of amides is 2. The molecular formula is C23H27N5O3S. The van der Waals surface area contributed by atoms with E-state index in [1.165, 1.54) is 11.8 Å². The molecule has 1 aromatic heterocycles. The van der Waals surface area contributed by atoms with E-state index < -0.39 is 0 Å². The second-order valence-electron chi connectivity index (χ2n) is 7.51. The highest BCUT2D eigenvalue weighted by molar-refractivity contribution is 7.99. The lowest BCUT2D eigenvalue weighted by molar-refractivity contribution is -0.113. The number of nitrogens with one attached hydrogen (secondary N) is 2. The van der Waals surface area contributed by atoms with Crippen LogP contribution in [0.15, 0.2) is 47.6 Å². The van der Waals surface area contributed by atoms with Crippen molar-refractivity contribution in [2.75, 3.05) is 18.2 Å². The molecule has 0 aliphatic carbocycles. The number of nitrogens with zero attached hydrogens (tertiary/aromatic N) is 3. The first kappa shape index (κ1) is 23.3. The van der Waals surface area contributed by atoms with Gasteiger partial charge >= 0.3 is 0 Å². The molecule has 1 heterocycles. The second kappa shape index (κ2) is 10.3. The summed E-state index contributed by atoms with van der Waals surface area (Å²) in [7, 11) is 3.38. The van der Waals surface area contributed by atoms with E-state index >= 15 is 0 Å². The summed E-state index contributed by atoms with van der Waals surface area (Å²) < 4.78 is 7.08. The molecule has 0 radical (unpaired) electrons. The summed E-state index contributed by atoms with van der Waals surface area (Å²) in [5.74, 6) is 1.02. The first-order valence-electron chi connectivity index (χ1n) is 10.1. The summed E-state index contributed by atoms with van der Waals surface area (Å²) in [5.41, 5.74) is 3.26. The fourth-order valence-corrected chi connectivity index (χ4v) is 3.91. The average molecular weight is 454 g/mol. The zero-order valence-electron chi connectivity index (χ0n) is 18.8. The molecule has 0 unspecified atom stereocenters. The van der Waals surface area contributed by atoms with Crippen molar-refractivity contribution < 1.29 is 14.3 Å². The van der Waals surface area contributed by atoms with E-state index in [0.29, 0.717) is 28.0 Å². The number of carbonyl (C=O) groups is 2. The van der Waals surface area contributed by atoms with Gasteiger partial charge in [-0.1, -0.05) is 35.5 Å². The highest BCUT2D eigenvalue weighted by Crippen LogP contribution is 2.26. The molecule has 1 atom stereocenters. The SMILES string of the molecule is COc1ccc(C)cc1NC(=O)CSc1nnc([C@H](C)NC(=O)c2cccc(C)c2)n1C. The largest absolute Gasteiger partial charge is 0.495 e. The number of thioether (sulfide) groups is 1. The molecule has 0 spiro atoms. The Hall–Kier alpha value is -3.33. The van der Waals surface area contributed by atoms with Crippen LogP contribution >= 0.6 is 11.8 Å². The summed E-state index contributed by atoms with van der Waals surface area (Å²) >= 11 is 1.27. The number of benzene rings is 2. The van der Waals surface area contributed by atoms with Crippen LogP contribution in [0.5, 0.6) is 5.75 Å². The molecule has 0 bridgehead atoms. The molecule has 168 valence electrons. The maximum absolute atomic E-state index is 12.5. The topological polar surface area (TPSA) is 98.1 Å². The fraction of sp³-hybridized carbons (Fsp3) is 0.304. The van der Waals surface area contributed by atoms with Crippen molar-refractivity contribution in [2.24, 2.45) is 7.05 Å². The van der Waals surface area contributed by atoms with Crippen molar-refractivity contribution in [2.45, 2.75) is 32.0 Å². The van der Waals surface area contributed by atoms with Gasteiger partial charge in [-0.05, 0) is 50.6 Å². The third kappa shape index (κ3) is 5.67. The van der Waals surface area contributed by atoms with Crippen LogP contribution in [0.1, 0.15) is 40.3 Å². The van der Waals surface area contributed by atoms with Gasteiger partial charge in [0.1, 0.15) is 5.75 Å². The molecular weight excluding hydrogens is 426 g/mol. The van der Waals surface area contributed by atoms with Gasteiger partial charge in [-0.3, -0.25) is 9.59 Å². The van der Waals surface area contributed by atoms with E-state index in [-0.39, 0.29) is 23.6 Å². The van der Waals surface area contributed by atoms with Crippen LogP contribution in [0.2, 0.25) is 0 Å². The summed E-state index contributed by atoms with van der Waals surface area (Å²) in [6, 6.07) is 12.7. The number of aromatic nitrogens is 3. The number of aryl methyl sites for hydroxylation is 2. The summed E-state index contributed by atoms with van der Waals surface area (Å²) in [6.45, 7) is 5.74. The average Bonchev–Trinajstić information content (AvgIpc) is 3.13. The van der Waals surface area contributed by atoms with E-state index in [9.17, 15) is 9.59 Å². The Bertz CT molecular complexity index is 1130. The third-order valence-corrected chi connectivity index (χ3v) is 5.87. The highest BCUT2D eigenvalue weighted by Gasteiger charge is 2.19. The number of methoxy groups -OCH3 is 1. The molecule has 0 saturated carbocycles. The lowest BCUT2D eigenvalue weighted by Crippen LogP contribution is -2.28. The predicted octanol–water partition coefficient (Wildman–Crippen LogP) is 3.66. The van der Waals surface area contributed by atoms with Crippen molar-refractivity contribution >= 4 is 29.3 Å². The van der Waals surface area contributed by atoms with Gasteiger partial charge in [0.2, 0.25) is 5.91 Å². The molecule has 0 aliphatic heterocycles. The molecule has 0 saturated heterocycles. The van der Waals surface area contributed by atoms with Crippen LogP contribution in [-0.2, 0) is 11.8 Å². The Balaban J connectivity index is 1.60. The summed E-state index contributed by atoms with van der Waals surface area (Å²) in [4.78, 5) is 25.0. The van der Waals surface area contributed by atoms with E-state index in [0.717, 1.165) is 11.1 Å². The van der Waals surface area contributed by atoms with E-state index in [1.54, 1.807) is 17.7 Å². The minimum Gasteiger partial charge on any atom is -0.495 e. The smallest absolute Gasteiger partial charge is 0.251 e. The van der Waals surface area contributed by atoms with Gasteiger partial charge in [-0.25, -0.2) is 0 Å².